The Kier molecular flexibility index (Phi) is 23.4. The van der Waals surface area contributed by atoms with Crippen molar-refractivity contribution < 1.29 is 84.7 Å². The van der Waals surface area contributed by atoms with Crippen LogP contribution >= 0.6 is 0 Å². The van der Waals surface area contributed by atoms with E-state index in [1.54, 1.807) is 80.7 Å². The summed E-state index contributed by atoms with van der Waals surface area (Å²) < 4.78 is 22.8. The summed E-state index contributed by atoms with van der Waals surface area (Å²) in [6.45, 7) is 4.95. The van der Waals surface area contributed by atoms with Gasteiger partial charge >= 0.3 is 11.9 Å². The molecule has 2 saturated heterocycles. The predicted molar refractivity (Wildman–Crippen MR) is 232 cm³/mol. The molecule has 9 unspecified atom stereocenters. The van der Waals surface area contributed by atoms with Crippen molar-refractivity contribution in [2.75, 3.05) is 6.61 Å². The van der Waals surface area contributed by atoms with Crippen molar-refractivity contribution in [1.82, 2.24) is 0 Å². The molecule has 2 bridgehead atoms. The van der Waals surface area contributed by atoms with E-state index in [9.17, 15) is 65.8 Å². The zero-order valence-corrected chi connectivity index (χ0v) is 36.7. The molecule has 18 heteroatoms. The summed E-state index contributed by atoms with van der Waals surface area (Å²) in [5.41, 5.74) is 5.93. The number of carboxylic acid groups (broad SMARTS) is 1. The molecule has 0 aromatic heterocycles. The van der Waals surface area contributed by atoms with E-state index in [2.05, 4.69) is 0 Å². The Morgan fingerprint density at radius 2 is 1.27 bits per heavy atom. The lowest BCUT2D eigenvalue weighted by Crippen LogP contribution is -2.59. The van der Waals surface area contributed by atoms with Crippen molar-refractivity contribution >= 4 is 11.9 Å². The van der Waals surface area contributed by atoms with Gasteiger partial charge in [-0.1, -0.05) is 98.9 Å². The average molecular weight is 910 g/mol. The number of fused-ring (bicyclic) bond motifs is 2. The van der Waals surface area contributed by atoms with E-state index in [4.69, 9.17) is 24.7 Å². The molecule has 0 aromatic rings. The van der Waals surface area contributed by atoms with Gasteiger partial charge in [-0.3, -0.25) is 9.59 Å². The number of carbonyl (C=O) groups is 2. The van der Waals surface area contributed by atoms with Crippen LogP contribution in [0.15, 0.2) is 85.1 Å². The van der Waals surface area contributed by atoms with Gasteiger partial charge in [0.05, 0.1) is 80.1 Å². The summed E-state index contributed by atoms with van der Waals surface area (Å²) in [5, 5.41) is 118. The average Bonchev–Trinajstić information content (AvgIpc) is 3.21. The number of carbonyl (C=O) groups excluding carboxylic acids is 1. The van der Waals surface area contributed by atoms with Gasteiger partial charge in [-0.05, 0) is 26.2 Å². The van der Waals surface area contributed by atoms with Crippen LogP contribution in [-0.4, -0.2) is 166 Å². The zero-order valence-electron chi connectivity index (χ0n) is 36.7. The smallest absolute Gasteiger partial charge is 0.311 e. The minimum Gasteiger partial charge on any atom is -0.481 e. The van der Waals surface area contributed by atoms with Crippen molar-refractivity contribution in [2.45, 2.75) is 164 Å². The van der Waals surface area contributed by atoms with Crippen LogP contribution in [0.3, 0.4) is 0 Å². The quantitative estimate of drug-likeness (QED) is 0.170. The van der Waals surface area contributed by atoms with E-state index in [1.165, 1.54) is 6.08 Å². The first-order valence-electron chi connectivity index (χ1n) is 21.9. The highest BCUT2D eigenvalue weighted by molar-refractivity contribution is 5.71. The van der Waals surface area contributed by atoms with E-state index in [0.29, 0.717) is 0 Å². The minimum atomic E-state index is -2.32. The van der Waals surface area contributed by atoms with Gasteiger partial charge in [-0.25, -0.2) is 0 Å². The lowest BCUT2D eigenvalue weighted by atomic mass is 9.82. The summed E-state index contributed by atoms with van der Waals surface area (Å²) in [7, 11) is 0. The maximum Gasteiger partial charge on any atom is 0.311 e. The van der Waals surface area contributed by atoms with Crippen molar-refractivity contribution in [3.8, 4) is 0 Å². The summed E-state index contributed by atoms with van der Waals surface area (Å²) in [4.78, 5) is 25.0. The summed E-state index contributed by atoms with van der Waals surface area (Å²) in [6.07, 6.45) is 4.41. The molecular formula is C46H71NO17. The highest BCUT2D eigenvalue weighted by Gasteiger charge is 2.50. The first-order valence-corrected chi connectivity index (χ1v) is 21.9. The van der Waals surface area contributed by atoms with Crippen LogP contribution in [0.5, 0.6) is 0 Å². The number of rotatable bonds is 3. The van der Waals surface area contributed by atoms with Crippen LogP contribution in [0.25, 0.3) is 0 Å². The van der Waals surface area contributed by atoms with Gasteiger partial charge in [0.1, 0.15) is 18.1 Å². The second-order valence-corrected chi connectivity index (χ2v) is 17.1. The maximum atomic E-state index is 12.6. The molecule has 0 aromatic carbocycles. The monoisotopic (exact) mass is 909 g/mol. The number of allylic oxidation sites excluding steroid dienone is 12. The fourth-order valence-corrected chi connectivity index (χ4v) is 7.72. The molecule has 2 fully saturated rings. The van der Waals surface area contributed by atoms with Crippen LogP contribution in [0.1, 0.15) is 72.1 Å². The number of ether oxygens (including phenoxy) is 4. The maximum absolute atomic E-state index is 12.6. The number of aliphatic carboxylic acids is 1. The molecule has 362 valence electrons. The van der Waals surface area contributed by atoms with Gasteiger partial charge in [-0.2, -0.15) is 0 Å². The van der Waals surface area contributed by atoms with Crippen molar-refractivity contribution in [3.05, 3.63) is 85.1 Å². The van der Waals surface area contributed by atoms with Gasteiger partial charge in [-0.15, -0.1) is 0 Å². The molecule has 3 heterocycles. The molecular weight excluding hydrogens is 838 g/mol. The number of hydrogen-bond donors (Lipinski definition) is 12. The third-order valence-electron chi connectivity index (χ3n) is 11.7. The Hall–Kier alpha value is -3.44. The normalized spacial score (nSPS) is 44.8. The van der Waals surface area contributed by atoms with Gasteiger partial charge < -0.3 is 80.9 Å². The summed E-state index contributed by atoms with van der Waals surface area (Å²) in [5.74, 6) is -6.81. The highest BCUT2D eigenvalue weighted by Crippen LogP contribution is 2.38. The molecule has 0 aliphatic carbocycles. The predicted octanol–water partition coefficient (Wildman–Crippen LogP) is 0.323. The lowest BCUT2D eigenvalue weighted by Gasteiger charge is -2.45. The van der Waals surface area contributed by atoms with E-state index in [-0.39, 0.29) is 38.2 Å². The zero-order chi connectivity index (χ0) is 47.6. The van der Waals surface area contributed by atoms with E-state index < -0.39 is 141 Å². The molecule has 3 aliphatic rings. The van der Waals surface area contributed by atoms with Crippen LogP contribution in [0.2, 0.25) is 0 Å². The highest BCUT2D eigenvalue weighted by atomic mass is 16.7. The van der Waals surface area contributed by atoms with Crippen LogP contribution in [0, 0.1) is 17.8 Å². The SMILES string of the molecule is C[C@@H]1[C@H](O)[C@@H](C)/C=C/C=C/C=C/C=C/C=C/C=C/C=C/C(OC2OC[C@@H](O)[C@H](N)[C@H]2O)C[C@@H]2OC(O)(CC(O)CC(O)C(O)CCC(O)CC(O)CC(=O)O[C@H]1C)C[C@H](O)C2C(=O)O. The topological polar surface area (TPSA) is 320 Å². The van der Waals surface area contributed by atoms with Gasteiger partial charge in [0.15, 0.2) is 12.1 Å². The number of aliphatic hydroxyl groups is 10. The van der Waals surface area contributed by atoms with Gasteiger partial charge in [0.25, 0.3) is 0 Å². The molecule has 3 aliphatic heterocycles. The molecule has 18 atom stereocenters. The van der Waals surface area contributed by atoms with E-state index in [1.807, 2.05) is 19.1 Å². The Labute approximate surface area is 374 Å². The standard InChI is InChI=1S/C46H71NO17/c1-27-16-14-12-10-8-6-4-5-7-9-11-13-15-17-33(63-45-43(57)41(47)37(54)26-61-45)23-38-40(44(58)59)36(53)25-46(60,64-38)24-32(50)21-35(52)34(51)19-18-30(48)20-31(49)22-39(55)62-29(3)28(2)42(27)56/h4-17,27-38,40-43,45,48-54,56-57,60H,18-26,47H2,1-3H3,(H,58,59)/b5-4+,8-6+,9-7+,12-10+,13-11+,16-14+,17-15+/t27-,28-,29-,30?,31?,32?,33?,34?,35?,36-,37+,38-,40?,41-,42+,43+,45?,46?/m0/s1. The Morgan fingerprint density at radius 1 is 0.688 bits per heavy atom. The Balaban J connectivity index is 1.84. The van der Waals surface area contributed by atoms with Crippen molar-refractivity contribution in [2.24, 2.45) is 23.5 Å². The second kappa shape index (κ2) is 27.3. The number of carboxylic acids is 1. The molecule has 0 amide bonds. The van der Waals surface area contributed by atoms with Crippen LogP contribution in [0.4, 0.5) is 0 Å². The lowest BCUT2D eigenvalue weighted by molar-refractivity contribution is -0.305. The number of cyclic esters (lactones) is 1. The first kappa shape index (κ1) is 54.9. The molecule has 64 heavy (non-hydrogen) atoms. The fourth-order valence-electron chi connectivity index (χ4n) is 7.72. The molecule has 0 spiro atoms. The first-order chi connectivity index (χ1) is 30.2. The summed E-state index contributed by atoms with van der Waals surface area (Å²) >= 11 is 0. The van der Waals surface area contributed by atoms with Crippen molar-refractivity contribution in [1.29, 1.82) is 0 Å². The largest absolute Gasteiger partial charge is 0.481 e. The molecule has 0 saturated carbocycles. The third kappa shape index (κ3) is 18.4. The fraction of sp³-hybridized carbons (Fsp3) is 0.652. The number of esters is 1. The molecule has 3 rings (SSSR count). The van der Waals surface area contributed by atoms with Gasteiger partial charge in [0.2, 0.25) is 0 Å². The number of hydrogen-bond acceptors (Lipinski definition) is 17. The van der Waals surface area contributed by atoms with E-state index >= 15 is 0 Å². The van der Waals surface area contributed by atoms with Crippen LogP contribution < -0.4 is 5.73 Å². The Bertz CT molecular complexity index is 1630. The van der Waals surface area contributed by atoms with Crippen molar-refractivity contribution in [3.63, 3.8) is 0 Å². The number of aliphatic hydroxyl groups excluding tert-OH is 9. The molecule has 0 radical (unpaired) electrons. The van der Waals surface area contributed by atoms with Crippen LogP contribution in [-0.2, 0) is 28.5 Å². The minimum absolute atomic E-state index is 0.106. The second-order valence-electron chi connectivity index (χ2n) is 17.1. The van der Waals surface area contributed by atoms with E-state index in [0.717, 1.165) is 0 Å². The summed E-state index contributed by atoms with van der Waals surface area (Å²) in [6, 6.07) is -1.13. The van der Waals surface area contributed by atoms with Gasteiger partial charge in [0, 0.05) is 37.5 Å². The Morgan fingerprint density at radius 3 is 1.86 bits per heavy atom. The molecule has 18 nitrogen and oxygen atoms in total. The number of nitrogens with two attached hydrogens (primary N) is 1. The third-order valence-corrected chi connectivity index (χ3v) is 11.7. The molecule has 13 N–H and O–H groups in total.